The molecule has 3 nitrogen and oxygen atoms in total. The molecule has 25 heavy (non-hydrogen) atoms. The summed E-state index contributed by atoms with van der Waals surface area (Å²) in [6.07, 6.45) is 9.63. The summed E-state index contributed by atoms with van der Waals surface area (Å²) in [5.74, 6) is 2.74. The van der Waals surface area contributed by atoms with Crippen molar-refractivity contribution < 1.29 is 14.6 Å². The van der Waals surface area contributed by atoms with Gasteiger partial charge in [0.1, 0.15) is 5.78 Å². The summed E-state index contributed by atoms with van der Waals surface area (Å²) < 4.78 is 5.63. The van der Waals surface area contributed by atoms with Gasteiger partial charge in [0.15, 0.2) is 0 Å². The van der Waals surface area contributed by atoms with Gasteiger partial charge < -0.3 is 9.84 Å². The SMILES string of the molecule is COC1CC2(C)C(=CCC3C2CCC2(C)C(C(C)=O)CCC32)CC1O. The molecular weight excluding hydrogens is 312 g/mol. The van der Waals surface area contributed by atoms with Crippen LogP contribution in [0.4, 0.5) is 0 Å². The Hall–Kier alpha value is -0.670. The Bertz CT molecular complexity index is 596. The summed E-state index contributed by atoms with van der Waals surface area (Å²) >= 11 is 0. The van der Waals surface area contributed by atoms with E-state index in [1.165, 1.54) is 24.8 Å². The number of rotatable bonds is 2. The lowest BCUT2D eigenvalue weighted by Crippen LogP contribution is -2.53. The van der Waals surface area contributed by atoms with Crippen molar-refractivity contribution in [2.24, 2.45) is 34.5 Å². The lowest BCUT2D eigenvalue weighted by atomic mass is 9.47. The summed E-state index contributed by atoms with van der Waals surface area (Å²) in [5.41, 5.74) is 1.85. The van der Waals surface area contributed by atoms with E-state index in [1.807, 2.05) is 0 Å². The molecule has 0 radical (unpaired) electrons. The van der Waals surface area contributed by atoms with Crippen LogP contribution in [0.3, 0.4) is 0 Å². The number of fused-ring (bicyclic) bond motifs is 5. The van der Waals surface area contributed by atoms with Gasteiger partial charge in [-0.05, 0) is 80.5 Å². The Morgan fingerprint density at radius 3 is 2.68 bits per heavy atom. The number of Topliss-reactive ketones (excluding diaryl/α,β-unsaturated/α-hetero) is 1. The van der Waals surface area contributed by atoms with E-state index in [-0.39, 0.29) is 29.0 Å². The monoisotopic (exact) mass is 346 g/mol. The minimum absolute atomic E-state index is 0.0391. The van der Waals surface area contributed by atoms with E-state index in [0.29, 0.717) is 23.5 Å². The van der Waals surface area contributed by atoms with Crippen molar-refractivity contribution in [3.05, 3.63) is 11.6 Å². The van der Waals surface area contributed by atoms with Crippen molar-refractivity contribution in [3.63, 3.8) is 0 Å². The number of ether oxygens (including phenoxy) is 1. The standard InChI is InChI=1S/C22H34O3/c1-13(23)16-7-8-17-15-6-5-14-11-19(24)20(25-4)12-22(14,3)18(15)9-10-21(16,17)2/h5,15-20,24H,6-12H2,1-4H3. The average Bonchev–Trinajstić information content (AvgIpc) is 2.92. The highest BCUT2D eigenvalue weighted by atomic mass is 16.5. The third-order valence-corrected chi connectivity index (χ3v) is 8.90. The molecule has 8 atom stereocenters. The van der Waals surface area contributed by atoms with Gasteiger partial charge in [-0.1, -0.05) is 25.5 Å². The van der Waals surface area contributed by atoms with Crippen LogP contribution in [0.1, 0.15) is 65.7 Å². The van der Waals surface area contributed by atoms with E-state index in [1.54, 1.807) is 14.0 Å². The first-order valence-electron chi connectivity index (χ1n) is 10.2. The predicted molar refractivity (Wildman–Crippen MR) is 98.1 cm³/mol. The molecule has 0 saturated heterocycles. The quantitative estimate of drug-likeness (QED) is 0.764. The Morgan fingerprint density at radius 2 is 2.00 bits per heavy atom. The van der Waals surface area contributed by atoms with Gasteiger partial charge in [0, 0.05) is 13.0 Å². The van der Waals surface area contributed by atoms with Crippen LogP contribution in [0.5, 0.6) is 0 Å². The zero-order valence-electron chi connectivity index (χ0n) is 16.3. The number of aliphatic hydroxyl groups excluding tert-OH is 1. The summed E-state index contributed by atoms with van der Waals surface area (Å²) in [7, 11) is 1.73. The minimum Gasteiger partial charge on any atom is -0.390 e. The van der Waals surface area contributed by atoms with Crippen molar-refractivity contribution in [3.8, 4) is 0 Å². The molecule has 1 N–H and O–H groups in total. The zero-order chi connectivity index (χ0) is 18.0. The number of carbonyl (C=O) groups is 1. The van der Waals surface area contributed by atoms with Gasteiger partial charge in [0.2, 0.25) is 0 Å². The van der Waals surface area contributed by atoms with Gasteiger partial charge in [-0.15, -0.1) is 0 Å². The number of hydrogen-bond donors (Lipinski definition) is 1. The van der Waals surface area contributed by atoms with Crippen LogP contribution >= 0.6 is 0 Å². The molecule has 0 heterocycles. The number of allylic oxidation sites excluding steroid dienone is 1. The van der Waals surface area contributed by atoms with Crippen LogP contribution in [0.25, 0.3) is 0 Å². The molecule has 0 aromatic heterocycles. The van der Waals surface area contributed by atoms with Crippen molar-refractivity contribution in [1.29, 1.82) is 0 Å². The smallest absolute Gasteiger partial charge is 0.133 e. The van der Waals surface area contributed by atoms with Gasteiger partial charge in [0.25, 0.3) is 0 Å². The normalized spacial score (nSPS) is 52.0. The highest BCUT2D eigenvalue weighted by Crippen LogP contribution is 2.66. The van der Waals surface area contributed by atoms with Crippen LogP contribution < -0.4 is 0 Å². The number of carbonyl (C=O) groups excluding carboxylic acids is 1. The molecule has 0 aromatic carbocycles. The van der Waals surface area contributed by atoms with Gasteiger partial charge in [0.05, 0.1) is 12.2 Å². The number of ketones is 1. The third-order valence-electron chi connectivity index (χ3n) is 8.90. The van der Waals surface area contributed by atoms with Crippen molar-refractivity contribution in [2.75, 3.05) is 7.11 Å². The molecule has 0 aromatic rings. The van der Waals surface area contributed by atoms with Crippen molar-refractivity contribution >= 4 is 5.78 Å². The molecule has 3 saturated carbocycles. The maximum absolute atomic E-state index is 12.2. The summed E-state index contributed by atoms with van der Waals surface area (Å²) in [6.45, 7) is 6.63. The molecule has 4 aliphatic carbocycles. The van der Waals surface area contributed by atoms with E-state index < -0.39 is 0 Å². The first-order chi connectivity index (χ1) is 11.8. The van der Waals surface area contributed by atoms with Gasteiger partial charge >= 0.3 is 0 Å². The predicted octanol–water partition coefficient (Wildman–Crippen LogP) is 4.14. The van der Waals surface area contributed by atoms with E-state index in [4.69, 9.17) is 4.74 Å². The highest BCUT2D eigenvalue weighted by Gasteiger charge is 2.60. The van der Waals surface area contributed by atoms with E-state index in [0.717, 1.165) is 25.7 Å². The molecule has 8 unspecified atom stereocenters. The first-order valence-corrected chi connectivity index (χ1v) is 10.2. The fourth-order valence-electron chi connectivity index (χ4n) is 7.57. The molecule has 0 spiro atoms. The van der Waals surface area contributed by atoms with Crippen LogP contribution in [0.15, 0.2) is 11.6 Å². The van der Waals surface area contributed by atoms with Crippen LogP contribution in [-0.2, 0) is 9.53 Å². The van der Waals surface area contributed by atoms with E-state index in [2.05, 4.69) is 19.9 Å². The summed E-state index contributed by atoms with van der Waals surface area (Å²) in [5, 5.41) is 10.4. The Balaban J connectivity index is 1.66. The Morgan fingerprint density at radius 1 is 1.24 bits per heavy atom. The molecule has 4 aliphatic rings. The molecule has 3 heteroatoms. The van der Waals surface area contributed by atoms with Crippen LogP contribution in [-0.4, -0.2) is 30.2 Å². The second kappa shape index (κ2) is 5.92. The van der Waals surface area contributed by atoms with Gasteiger partial charge in [-0.25, -0.2) is 0 Å². The molecule has 4 rings (SSSR count). The molecular formula is C22H34O3. The maximum atomic E-state index is 12.2. The largest absolute Gasteiger partial charge is 0.390 e. The maximum Gasteiger partial charge on any atom is 0.133 e. The van der Waals surface area contributed by atoms with E-state index in [9.17, 15) is 9.90 Å². The molecule has 0 bridgehead atoms. The van der Waals surface area contributed by atoms with Gasteiger partial charge in [-0.3, -0.25) is 4.79 Å². The average molecular weight is 347 g/mol. The molecule has 3 fully saturated rings. The topological polar surface area (TPSA) is 46.5 Å². The van der Waals surface area contributed by atoms with E-state index >= 15 is 0 Å². The zero-order valence-corrected chi connectivity index (χ0v) is 16.3. The number of aliphatic hydroxyl groups is 1. The molecule has 140 valence electrons. The summed E-state index contributed by atoms with van der Waals surface area (Å²) in [4.78, 5) is 12.2. The number of methoxy groups -OCH3 is 1. The second-order valence-electron chi connectivity index (χ2n) is 9.79. The number of hydrogen-bond acceptors (Lipinski definition) is 3. The Kier molecular flexibility index (Phi) is 4.20. The highest BCUT2D eigenvalue weighted by molar-refractivity contribution is 5.79. The van der Waals surface area contributed by atoms with Gasteiger partial charge in [-0.2, -0.15) is 0 Å². The molecule has 0 amide bonds. The second-order valence-corrected chi connectivity index (χ2v) is 9.79. The third kappa shape index (κ3) is 2.41. The van der Waals surface area contributed by atoms with Crippen LogP contribution in [0, 0.1) is 34.5 Å². The Labute approximate surface area is 152 Å². The molecule has 0 aliphatic heterocycles. The fraction of sp³-hybridized carbons (Fsp3) is 0.864. The van der Waals surface area contributed by atoms with Crippen molar-refractivity contribution in [2.45, 2.75) is 77.9 Å². The van der Waals surface area contributed by atoms with Crippen LogP contribution in [0.2, 0.25) is 0 Å². The lowest BCUT2D eigenvalue weighted by molar-refractivity contribution is -0.129. The summed E-state index contributed by atoms with van der Waals surface area (Å²) in [6, 6.07) is 0. The lowest BCUT2D eigenvalue weighted by Gasteiger charge is -2.58. The fourth-order valence-corrected chi connectivity index (χ4v) is 7.57. The van der Waals surface area contributed by atoms with Crippen molar-refractivity contribution in [1.82, 2.24) is 0 Å². The minimum atomic E-state index is -0.358. The first kappa shape index (κ1) is 17.7.